The van der Waals surface area contributed by atoms with Gasteiger partial charge in [0.05, 0.1) is 5.56 Å². The van der Waals surface area contributed by atoms with Gasteiger partial charge in [-0.1, -0.05) is 29.8 Å². The third-order valence-electron chi connectivity index (χ3n) is 3.47. The van der Waals surface area contributed by atoms with Crippen LogP contribution >= 0.6 is 11.6 Å². The van der Waals surface area contributed by atoms with Gasteiger partial charge in [-0.15, -0.1) is 0 Å². The Kier molecular flexibility index (Phi) is 3.54. The van der Waals surface area contributed by atoms with Crippen LogP contribution in [0.1, 0.15) is 17.3 Å². The van der Waals surface area contributed by atoms with E-state index in [0.717, 1.165) is 0 Å². The summed E-state index contributed by atoms with van der Waals surface area (Å²) in [6.45, 7) is 1.28. The van der Waals surface area contributed by atoms with Gasteiger partial charge in [0.2, 0.25) is 0 Å². The molecule has 0 spiro atoms. The standard InChI is InChI=1S/C17H11ClFNO2/c1-9(21)15-16(11-4-2-3-5-13(11)19)12-8-10(18)6-7-14(12)20-17(15)22/h2-8H,1H3,(H,20,22). The number of H-pyrrole nitrogens is 1. The fourth-order valence-electron chi connectivity index (χ4n) is 2.54. The Hall–Kier alpha value is -2.46. The average Bonchev–Trinajstić information content (AvgIpc) is 2.47. The molecule has 0 fully saturated rings. The minimum Gasteiger partial charge on any atom is -0.321 e. The number of carbonyl (C=O) groups excluding carboxylic acids is 1. The number of nitrogens with one attached hydrogen (secondary N) is 1. The van der Waals surface area contributed by atoms with E-state index in [-0.39, 0.29) is 16.7 Å². The van der Waals surface area contributed by atoms with Crippen LogP contribution in [-0.4, -0.2) is 10.8 Å². The summed E-state index contributed by atoms with van der Waals surface area (Å²) in [5, 5.41) is 0.967. The smallest absolute Gasteiger partial charge is 0.259 e. The largest absolute Gasteiger partial charge is 0.321 e. The first-order valence-electron chi connectivity index (χ1n) is 6.60. The molecule has 1 heterocycles. The van der Waals surface area contributed by atoms with Gasteiger partial charge in [-0.05, 0) is 31.2 Å². The van der Waals surface area contributed by atoms with Gasteiger partial charge in [-0.2, -0.15) is 0 Å². The number of ketones is 1. The second-order valence-electron chi connectivity index (χ2n) is 4.93. The van der Waals surface area contributed by atoms with Crippen molar-refractivity contribution in [3.63, 3.8) is 0 Å². The highest BCUT2D eigenvalue weighted by Crippen LogP contribution is 2.32. The molecular formula is C17H11ClFNO2. The Morgan fingerprint density at radius 3 is 2.59 bits per heavy atom. The van der Waals surface area contributed by atoms with E-state index in [4.69, 9.17) is 11.6 Å². The molecule has 0 amide bonds. The highest BCUT2D eigenvalue weighted by molar-refractivity contribution is 6.31. The Morgan fingerprint density at radius 2 is 1.91 bits per heavy atom. The van der Waals surface area contributed by atoms with E-state index in [1.54, 1.807) is 30.3 Å². The number of rotatable bonds is 2. The van der Waals surface area contributed by atoms with Gasteiger partial charge in [0.1, 0.15) is 5.82 Å². The molecule has 5 heteroatoms. The second kappa shape index (κ2) is 5.39. The summed E-state index contributed by atoms with van der Waals surface area (Å²) in [6, 6.07) is 10.9. The molecule has 0 saturated heterocycles. The second-order valence-corrected chi connectivity index (χ2v) is 5.37. The molecular weight excluding hydrogens is 305 g/mol. The topological polar surface area (TPSA) is 49.9 Å². The van der Waals surface area contributed by atoms with E-state index in [9.17, 15) is 14.0 Å². The van der Waals surface area contributed by atoms with E-state index < -0.39 is 17.2 Å². The number of fused-ring (bicyclic) bond motifs is 1. The van der Waals surface area contributed by atoms with Crippen molar-refractivity contribution in [1.82, 2.24) is 4.98 Å². The van der Waals surface area contributed by atoms with Gasteiger partial charge in [-0.25, -0.2) is 4.39 Å². The first-order valence-corrected chi connectivity index (χ1v) is 6.98. The minimum absolute atomic E-state index is 0.0696. The van der Waals surface area contributed by atoms with E-state index in [2.05, 4.69) is 4.98 Å². The lowest BCUT2D eigenvalue weighted by Crippen LogP contribution is -2.18. The lowest BCUT2D eigenvalue weighted by molar-refractivity contribution is 0.101. The van der Waals surface area contributed by atoms with Crippen LogP contribution in [0.2, 0.25) is 5.02 Å². The molecule has 0 aliphatic heterocycles. The predicted molar refractivity (Wildman–Crippen MR) is 85.0 cm³/mol. The molecule has 0 bridgehead atoms. The first kappa shape index (κ1) is 14.5. The summed E-state index contributed by atoms with van der Waals surface area (Å²) >= 11 is 6.02. The Balaban J connectivity index is 2.57. The van der Waals surface area contributed by atoms with E-state index >= 15 is 0 Å². The summed E-state index contributed by atoms with van der Waals surface area (Å²) in [6.07, 6.45) is 0. The van der Waals surface area contributed by atoms with Crippen LogP contribution in [0.3, 0.4) is 0 Å². The molecule has 0 unspecified atom stereocenters. The maximum atomic E-state index is 14.2. The number of hydrogen-bond donors (Lipinski definition) is 1. The summed E-state index contributed by atoms with van der Waals surface area (Å²) in [7, 11) is 0. The fraction of sp³-hybridized carbons (Fsp3) is 0.0588. The van der Waals surface area contributed by atoms with E-state index in [1.807, 2.05) is 0 Å². The van der Waals surface area contributed by atoms with E-state index in [1.165, 1.54) is 19.1 Å². The third-order valence-corrected chi connectivity index (χ3v) is 3.71. The first-order chi connectivity index (χ1) is 10.5. The number of Topliss-reactive ketones (excluding diaryl/α,β-unsaturated/α-hetero) is 1. The van der Waals surface area contributed by atoms with Crippen molar-refractivity contribution in [1.29, 1.82) is 0 Å². The molecule has 110 valence electrons. The summed E-state index contributed by atoms with van der Waals surface area (Å²) in [4.78, 5) is 26.8. The predicted octanol–water partition coefficient (Wildman–Crippen LogP) is 4.19. The molecule has 1 N–H and O–H groups in total. The molecule has 2 aromatic carbocycles. The van der Waals surface area contributed by atoms with Crippen LogP contribution < -0.4 is 5.56 Å². The maximum absolute atomic E-state index is 14.2. The lowest BCUT2D eigenvalue weighted by atomic mass is 9.94. The fourth-order valence-corrected chi connectivity index (χ4v) is 2.72. The van der Waals surface area contributed by atoms with Crippen molar-refractivity contribution in [2.75, 3.05) is 0 Å². The number of halogens is 2. The molecule has 1 aromatic heterocycles. The van der Waals surface area contributed by atoms with Crippen LogP contribution in [0.5, 0.6) is 0 Å². The van der Waals surface area contributed by atoms with Gasteiger partial charge in [0.15, 0.2) is 5.78 Å². The molecule has 0 aliphatic carbocycles. The summed E-state index contributed by atoms with van der Waals surface area (Å²) in [5.74, 6) is -0.932. The summed E-state index contributed by atoms with van der Waals surface area (Å²) in [5.41, 5.74) is 0.357. The zero-order chi connectivity index (χ0) is 15.9. The average molecular weight is 316 g/mol. The number of benzene rings is 2. The van der Waals surface area contributed by atoms with Crippen molar-refractivity contribution in [2.45, 2.75) is 6.92 Å². The van der Waals surface area contributed by atoms with Crippen molar-refractivity contribution in [3.05, 3.63) is 69.2 Å². The van der Waals surface area contributed by atoms with Crippen molar-refractivity contribution < 1.29 is 9.18 Å². The minimum atomic E-state index is -0.541. The molecule has 22 heavy (non-hydrogen) atoms. The van der Waals surface area contributed by atoms with Gasteiger partial charge in [-0.3, -0.25) is 9.59 Å². The number of aromatic nitrogens is 1. The molecule has 3 nitrogen and oxygen atoms in total. The van der Waals surface area contributed by atoms with Crippen LogP contribution in [0.15, 0.2) is 47.3 Å². The monoisotopic (exact) mass is 315 g/mol. The number of carbonyl (C=O) groups is 1. The molecule has 0 aliphatic rings. The van der Waals surface area contributed by atoms with Gasteiger partial charge in [0, 0.05) is 27.1 Å². The Morgan fingerprint density at radius 1 is 1.18 bits per heavy atom. The van der Waals surface area contributed by atoms with Crippen molar-refractivity contribution >= 4 is 28.3 Å². The highest BCUT2D eigenvalue weighted by atomic mass is 35.5. The Labute approximate surface area is 130 Å². The van der Waals surface area contributed by atoms with Crippen LogP contribution in [0.25, 0.3) is 22.0 Å². The van der Waals surface area contributed by atoms with Crippen LogP contribution in [0.4, 0.5) is 4.39 Å². The Bertz CT molecular complexity index is 963. The molecule has 0 radical (unpaired) electrons. The molecule has 0 atom stereocenters. The number of pyridine rings is 1. The zero-order valence-electron chi connectivity index (χ0n) is 11.6. The number of aromatic amines is 1. The lowest BCUT2D eigenvalue weighted by Gasteiger charge is -2.12. The van der Waals surface area contributed by atoms with Crippen molar-refractivity contribution in [2.24, 2.45) is 0 Å². The van der Waals surface area contributed by atoms with Crippen LogP contribution in [0, 0.1) is 5.82 Å². The quantitative estimate of drug-likeness (QED) is 0.721. The van der Waals surface area contributed by atoms with Gasteiger partial charge >= 0.3 is 0 Å². The van der Waals surface area contributed by atoms with Gasteiger partial charge in [0.25, 0.3) is 5.56 Å². The highest BCUT2D eigenvalue weighted by Gasteiger charge is 2.20. The third kappa shape index (κ3) is 2.31. The van der Waals surface area contributed by atoms with Crippen molar-refractivity contribution in [3.8, 4) is 11.1 Å². The number of hydrogen-bond acceptors (Lipinski definition) is 2. The normalized spacial score (nSPS) is 10.9. The summed E-state index contributed by atoms with van der Waals surface area (Å²) < 4.78 is 14.2. The molecule has 3 rings (SSSR count). The zero-order valence-corrected chi connectivity index (χ0v) is 12.4. The molecule has 0 saturated carbocycles. The van der Waals surface area contributed by atoms with Crippen LogP contribution in [-0.2, 0) is 0 Å². The van der Waals surface area contributed by atoms with Gasteiger partial charge < -0.3 is 4.98 Å². The maximum Gasteiger partial charge on any atom is 0.259 e. The SMILES string of the molecule is CC(=O)c1c(-c2ccccc2F)c2cc(Cl)ccc2[nH]c1=O. The molecule has 3 aromatic rings. The van der Waals surface area contributed by atoms with E-state index in [0.29, 0.717) is 15.9 Å².